The first-order valence-electron chi connectivity index (χ1n) is 23.4. The molecule has 11 aromatic carbocycles. The molecular formula is C65H39NO2. The van der Waals surface area contributed by atoms with E-state index >= 15 is 0 Å². The Hall–Kier alpha value is -8.92. The van der Waals surface area contributed by atoms with Gasteiger partial charge in [-0.1, -0.05) is 188 Å². The number of fused-ring (bicyclic) bond motifs is 17. The SMILES string of the molecule is c1ccc(-c2ccccc2N(c2ccc3c(c2)C2(c4ccccc4-c4ccccc42)c2ccccc2-3)c2ccc3oc4c(-c5cccc6c5oc5ccccc56)c5ccccc5cc4c3c2)cc1. The average molecular weight is 866 g/mol. The summed E-state index contributed by atoms with van der Waals surface area (Å²) in [5.74, 6) is 0. The summed E-state index contributed by atoms with van der Waals surface area (Å²) in [6.45, 7) is 0. The number of para-hydroxylation sites is 3. The van der Waals surface area contributed by atoms with E-state index in [1.165, 1.54) is 44.5 Å². The molecule has 15 rings (SSSR count). The lowest BCUT2D eigenvalue weighted by molar-refractivity contribution is 0.665. The highest BCUT2D eigenvalue weighted by atomic mass is 16.3. The van der Waals surface area contributed by atoms with Crippen molar-refractivity contribution >= 4 is 71.7 Å². The van der Waals surface area contributed by atoms with E-state index in [-0.39, 0.29) is 0 Å². The van der Waals surface area contributed by atoms with Crippen LogP contribution < -0.4 is 4.90 Å². The quantitative estimate of drug-likeness (QED) is 0.173. The lowest BCUT2D eigenvalue weighted by Gasteiger charge is -2.32. The molecule has 0 atom stereocenters. The van der Waals surface area contributed by atoms with Gasteiger partial charge in [0.05, 0.1) is 11.1 Å². The second-order valence-electron chi connectivity index (χ2n) is 18.2. The molecule has 2 heterocycles. The maximum absolute atomic E-state index is 7.07. The zero-order valence-electron chi connectivity index (χ0n) is 36.8. The van der Waals surface area contributed by atoms with Crippen molar-refractivity contribution in [2.75, 3.05) is 4.90 Å². The minimum absolute atomic E-state index is 0.482. The minimum Gasteiger partial charge on any atom is -0.455 e. The van der Waals surface area contributed by atoms with Crippen LogP contribution in [0.2, 0.25) is 0 Å². The first-order chi connectivity index (χ1) is 33.7. The maximum atomic E-state index is 7.07. The van der Waals surface area contributed by atoms with Crippen LogP contribution >= 0.6 is 0 Å². The molecule has 0 saturated heterocycles. The van der Waals surface area contributed by atoms with Crippen molar-refractivity contribution in [1.29, 1.82) is 0 Å². The molecule has 1 spiro atoms. The Kier molecular flexibility index (Phi) is 7.71. The highest BCUT2D eigenvalue weighted by molar-refractivity contribution is 6.22. The first-order valence-corrected chi connectivity index (χ1v) is 23.4. The summed E-state index contributed by atoms with van der Waals surface area (Å²) in [7, 11) is 0. The lowest BCUT2D eigenvalue weighted by atomic mass is 9.70. The summed E-state index contributed by atoms with van der Waals surface area (Å²) >= 11 is 0. The second-order valence-corrected chi connectivity index (χ2v) is 18.2. The number of rotatable bonds is 5. The van der Waals surface area contributed by atoms with Gasteiger partial charge in [-0.05, 0) is 109 Å². The molecule has 3 nitrogen and oxygen atoms in total. The van der Waals surface area contributed by atoms with Gasteiger partial charge in [0.2, 0.25) is 0 Å². The topological polar surface area (TPSA) is 29.5 Å². The fourth-order valence-corrected chi connectivity index (χ4v) is 12.1. The molecule has 3 heteroatoms. The standard InChI is InChI=1S/C65H39NO2/c1-2-17-40(18-3-1)44-20-9-14-31-59(44)66(43-33-35-49-48-24-8-13-30-57(48)65(58(49)39-43)55-28-11-6-22-46(55)47-23-7-12-29-56(47)65)42-34-36-61-53(38-42)54-37-41-19-4-5-21-45(41)62(64(54)68-61)52-27-16-26-51-50-25-10-15-32-60(50)67-63(51)52/h1-39H. The summed E-state index contributed by atoms with van der Waals surface area (Å²) in [4.78, 5) is 2.46. The van der Waals surface area contributed by atoms with E-state index in [4.69, 9.17) is 8.83 Å². The second kappa shape index (κ2) is 14.0. The molecule has 2 aromatic heterocycles. The zero-order chi connectivity index (χ0) is 44.5. The van der Waals surface area contributed by atoms with Gasteiger partial charge in [0.25, 0.3) is 0 Å². The smallest absolute Gasteiger partial charge is 0.144 e. The van der Waals surface area contributed by atoms with Crippen LogP contribution in [0.4, 0.5) is 17.1 Å². The van der Waals surface area contributed by atoms with Gasteiger partial charge in [0.15, 0.2) is 0 Å². The van der Waals surface area contributed by atoms with Crippen molar-refractivity contribution in [2.45, 2.75) is 5.41 Å². The zero-order valence-corrected chi connectivity index (χ0v) is 36.8. The van der Waals surface area contributed by atoms with Crippen LogP contribution in [0.15, 0.2) is 245 Å². The number of furan rings is 2. The molecule has 2 aliphatic rings. The van der Waals surface area contributed by atoms with E-state index < -0.39 is 5.41 Å². The Morgan fingerprint density at radius 2 is 0.853 bits per heavy atom. The van der Waals surface area contributed by atoms with Crippen molar-refractivity contribution in [1.82, 2.24) is 0 Å². The predicted molar refractivity (Wildman–Crippen MR) is 280 cm³/mol. The Labute approximate surface area is 392 Å². The van der Waals surface area contributed by atoms with Gasteiger partial charge in [0, 0.05) is 49.6 Å². The number of nitrogens with zero attached hydrogens (tertiary/aromatic N) is 1. The molecule has 316 valence electrons. The highest BCUT2D eigenvalue weighted by Gasteiger charge is 2.51. The summed E-state index contributed by atoms with van der Waals surface area (Å²) in [6, 6.07) is 86.2. The Bertz CT molecular complexity index is 4170. The van der Waals surface area contributed by atoms with Crippen molar-refractivity contribution in [3.63, 3.8) is 0 Å². The summed E-state index contributed by atoms with van der Waals surface area (Å²) < 4.78 is 13.8. The Morgan fingerprint density at radius 3 is 1.62 bits per heavy atom. The lowest BCUT2D eigenvalue weighted by Crippen LogP contribution is -2.26. The van der Waals surface area contributed by atoms with Crippen LogP contribution in [0, 0.1) is 0 Å². The van der Waals surface area contributed by atoms with Gasteiger partial charge < -0.3 is 13.7 Å². The van der Waals surface area contributed by atoms with Crippen LogP contribution in [0.1, 0.15) is 22.3 Å². The molecule has 0 saturated carbocycles. The summed E-state index contributed by atoms with van der Waals surface area (Å²) in [5.41, 5.74) is 20.9. The van der Waals surface area contributed by atoms with E-state index in [0.717, 1.165) is 94.0 Å². The molecule has 0 amide bonds. The first kappa shape index (κ1) is 37.3. The maximum Gasteiger partial charge on any atom is 0.144 e. The third-order valence-corrected chi connectivity index (χ3v) is 14.9. The van der Waals surface area contributed by atoms with E-state index in [2.05, 4.69) is 229 Å². The number of hydrogen-bond donors (Lipinski definition) is 0. The summed E-state index contributed by atoms with van der Waals surface area (Å²) in [5, 5.41) is 6.56. The van der Waals surface area contributed by atoms with Crippen LogP contribution in [0.25, 0.3) is 99.2 Å². The van der Waals surface area contributed by atoms with E-state index in [1.807, 2.05) is 12.1 Å². The average Bonchev–Trinajstić information content (AvgIpc) is 4.14. The van der Waals surface area contributed by atoms with E-state index in [1.54, 1.807) is 0 Å². The van der Waals surface area contributed by atoms with E-state index in [9.17, 15) is 0 Å². The van der Waals surface area contributed by atoms with Gasteiger partial charge >= 0.3 is 0 Å². The number of anilines is 3. The molecule has 0 N–H and O–H groups in total. The van der Waals surface area contributed by atoms with Crippen molar-refractivity contribution < 1.29 is 8.83 Å². The van der Waals surface area contributed by atoms with Gasteiger partial charge in [-0.2, -0.15) is 0 Å². The molecule has 0 aliphatic heterocycles. The Morgan fingerprint density at radius 1 is 0.309 bits per heavy atom. The van der Waals surface area contributed by atoms with E-state index in [0.29, 0.717) is 0 Å². The molecule has 13 aromatic rings. The monoisotopic (exact) mass is 865 g/mol. The minimum atomic E-state index is -0.482. The van der Waals surface area contributed by atoms with Crippen molar-refractivity contribution in [3.8, 4) is 44.5 Å². The predicted octanol–water partition coefficient (Wildman–Crippen LogP) is 17.8. The molecular weight excluding hydrogens is 827 g/mol. The van der Waals surface area contributed by atoms with Crippen molar-refractivity contribution in [2.24, 2.45) is 0 Å². The van der Waals surface area contributed by atoms with Crippen LogP contribution in [0.5, 0.6) is 0 Å². The van der Waals surface area contributed by atoms with Gasteiger partial charge in [-0.25, -0.2) is 0 Å². The molecule has 0 radical (unpaired) electrons. The van der Waals surface area contributed by atoms with Gasteiger partial charge in [-0.3, -0.25) is 0 Å². The molecule has 2 aliphatic carbocycles. The van der Waals surface area contributed by atoms with Gasteiger partial charge in [-0.15, -0.1) is 0 Å². The number of hydrogen-bond acceptors (Lipinski definition) is 3. The molecule has 0 fully saturated rings. The van der Waals surface area contributed by atoms with Gasteiger partial charge in [0.1, 0.15) is 22.3 Å². The highest BCUT2D eigenvalue weighted by Crippen LogP contribution is 2.63. The Balaban J connectivity index is 1.00. The molecule has 0 unspecified atom stereocenters. The molecule has 0 bridgehead atoms. The van der Waals surface area contributed by atoms with Crippen LogP contribution in [0.3, 0.4) is 0 Å². The number of benzene rings is 11. The van der Waals surface area contributed by atoms with Crippen LogP contribution in [-0.4, -0.2) is 0 Å². The third kappa shape index (κ3) is 5.02. The normalized spacial score (nSPS) is 13.1. The fourth-order valence-electron chi connectivity index (χ4n) is 12.1. The van der Waals surface area contributed by atoms with Crippen LogP contribution in [-0.2, 0) is 5.41 Å². The fraction of sp³-hybridized carbons (Fsp3) is 0.0154. The molecule has 68 heavy (non-hydrogen) atoms. The largest absolute Gasteiger partial charge is 0.455 e. The third-order valence-electron chi connectivity index (χ3n) is 14.9. The van der Waals surface area contributed by atoms with Crippen molar-refractivity contribution in [3.05, 3.63) is 259 Å². The summed E-state index contributed by atoms with van der Waals surface area (Å²) in [6.07, 6.45) is 0.